The minimum Gasteiger partial charge on any atom is -0.395 e. The Morgan fingerprint density at radius 3 is 2.59 bits per heavy atom. The van der Waals surface area contributed by atoms with Crippen molar-refractivity contribution in [2.75, 3.05) is 19.7 Å². The molecule has 1 N–H and O–H groups in total. The highest BCUT2D eigenvalue weighted by Gasteiger charge is 2.29. The first-order valence-corrected chi connectivity index (χ1v) is 7.63. The average Bonchev–Trinajstić information content (AvgIpc) is 2.63. The number of thiophene rings is 1. The number of alkyl halides is 2. The van der Waals surface area contributed by atoms with Crippen LogP contribution in [0.25, 0.3) is 0 Å². The molecule has 1 aromatic rings. The van der Waals surface area contributed by atoms with Gasteiger partial charge >= 0.3 is 0 Å². The van der Waals surface area contributed by atoms with E-state index in [4.69, 9.17) is 5.11 Å². The second-order valence-corrected chi connectivity index (χ2v) is 6.94. The summed E-state index contributed by atoms with van der Waals surface area (Å²) in [5.74, 6) is 0. The molecule has 0 unspecified atom stereocenters. The maximum Gasteiger partial charge on any atom is 0.253 e. The summed E-state index contributed by atoms with van der Waals surface area (Å²) < 4.78 is 49.4. The van der Waals surface area contributed by atoms with E-state index >= 15 is 0 Å². The molecule has 98 valence electrons. The smallest absolute Gasteiger partial charge is 0.253 e. The summed E-state index contributed by atoms with van der Waals surface area (Å²) in [5, 5.41) is 10.3. The molecule has 0 aliphatic carbocycles. The van der Waals surface area contributed by atoms with Crippen LogP contribution in [0.1, 0.15) is 0 Å². The molecular weight excluding hydrogens is 340 g/mol. The maximum absolute atomic E-state index is 12.3. The zero-order valence-electron chi connectivity index (χ0n) is 8.51. The summed E-state index contributed by atoms with van der Waals surface area (Å²) in [5.41, 5.74) is 0. The van der Waals surface area contributed by atoms with E-state index in [0.717, 1.165) is 11.3 Å². The first-order valence-electron chi connectivity index (χ1n) is 4.51. The van der Waals surface area contributed by atoms with Crippen molar-refractivity contribution < 1.29 is 22.3 Å². The summed E-state index contributed by atoms with van der Waals surface area (Å²) >= 11 is 3.98. The molecule has 17 heavy (non-hydrogen) atoms. The van der Waals surface area contributed by atoms with Crippen molar-refractivity contribution in [1.82, 2.24) is 4.31 Å². The second-order valence-electron chi connectivity index (χ2n) is 3.03. The van der Waals surface area contributed by atoms with Crippen molar-refractivity contribution in [2.45, 2.75) is 10.6 Å². The molecule has 0 aliphatic heterocycles. The molecule has 0 bridgehead atoms. The topological polar surface area (TPSA) is 57.6 Å². The minimum atomic E-state index is -3.98. The summed E-state index contributed by atoms with van der Waals surface area (Å²) in [6.07, 6.45) is -2.78. The Kier molecular flexibility index (Phi) is 5.45. The monoisotopic (exact) mass is 349 g/mol. The quantitative estimate of drug-likeness (QED) is 0.851. The highest BCUT2D eigenvalue weighted by Crippen LogP contribution is 2.30. The van der Waals surface area contributed by atoms with Gasteiger partial charge in [0.15, 0.2) is 0 Å². The van der Waals surface area contributed by atoms with E-state index in [1.165, 1.54) is 11.4 Å². The lowest BCUT2D eigenvalue weighted by Crippen LogP contribution is -2.37. The fraction of sp³-hybridized carbons (Fsp3) is 0.500. The Morgan fingerprint density at radius 2 is 2.18 bits per heavy atom. The third-order valence-corrected chi connectivity index (χ3v) is 6.36. The molecule has 0 saturated carbocycles. The minimum absolute atomic E-state index is 0.0356. The van der Waals surface area contributed by atoms with Crippen LogP contribution in [0.15, 0.2) is 20.1 Å². The molecule has 0 aromatic carbocycles. The fourth-order valence-electron chi connectivity index (χ4n) is 1.16. The number of nitrogens with zero attached hydrogens (tertiary/aromatic N) is 1. The number of hydrogen-bond acceptors (Lipinski definition) is 4. The summed E-state index contributed by atoms with van der Waals surface area (Å²) in [6.45, 7) is -1.78. The van der Waals surface area contributed by atoms with Gasteiger partial charge in [-0.2, -0.15) is 4.31 Å². The SMILES string of the molecule is O=S(=O)(c1sccc1Br)N(CCO)CC(F)F. The largest absolute Gasteiger partial charge is 0.395 e. The van der Waals surface area contributed by atoms with E-state index in [9.17, 15) is 17.2 Å². The van der Waals surface area contributed by atoms with Gasteiger partial charge in [-0.3, -0.25) is 0 Å². The highest BCUT2D eigenvalue weighted by molar-refractivity contribution is 9.10. The van der Waals surface area contributed by atoms with Crippen molar-refractivity contribution in [1.29, 1.82) is 0 Å². The molecule has 0 fully saturated rings. The summed E-state index contributed by atoms with van der Waals surface area (Å²) in [4.78, 5) is 0. The Labute approximate surface area is 110 Å². The molecule has 0 aliphatic rings. The Balaban J connectivity index is 3.04. The second kappa shape index (κ2) is 6.19. The Hall–Kier alpha value is -0.0900. The van der Waals surface area contributed by atoms with Gasteiger partial charge < -0.3 is 5.11 Å². The van der Waals surface area contributed by atoms with Crippen LogP contribution in [0.2, 0.25) is 0 Å². The van der Waals surface area contributed by atoms with Gasteiger partial charge in [0.25, 0.3) is 16.4 Å². The van der Waals surface area contributed by atoms with E-state index in [1.807, 2.05) is 0 Å². The van der Waals surface area contributed by atoms with E-state index < -0.39 is 29.6 Å². The van der Waals surface area contributed by atoms with Crippen LogP contribution in [0, 0.1) is 0 Å². The van der Waals surface area contributed by atoms with Crippen LogP contribution in [-0.2, 0) is 10.0 Å². The zero-order chi connectivity index (χ0) is 13.1. The van der Waals surface area contributed by atoms with Gasteiger partial charge in [-0.15, -0.1) is 11.3 Å². The predicted octanol–water partition coefficient (Wildman–Crippen LogP) is 1.76. The average molecular weight is 350 g/mol. The van der Waals surface area contributed by atoms with E-state index in [-0.39, 0.29) is 10.8 Å². The molecule has 0 atom stereocenters. The molecule has 4 nitrogen and oxygen atoms in total. The van der Waals surface area contributed by atoms with Crippen molar-refractivity contribution in [2.24, 2.45) is 0 Å². The van der Waals surface area contributed by atoms with Gasteiger partial charge in [0, 0.05) is 11.0 Å². The highest BCUT2D eigenvalue weighted by atomic mass is 79.9. The number of sulfonamides is 1. The van der Waals surface area contributed by atoms with Gasteiger partial charge in [0.1, 0.15) is 4.21 Å². The van der Waals surface area contributed by atoms with Gasteiger partial charge in [-0.25, -0.2) is 17.2 Å². The molecule has 0 spiro atoms. The van der Waals surface area contributed by atoms with E-state index in [1.54, 1.807) is 0 Å². The predicted molar refractivity (Wildman–Crippen MR) is 63.9 cm³/mol. The first-order chi connectivity index (χ1) is 7.89. The van der Waals surface area contributed by atoms with Crippen molar-refractivity contribution in [3.05, 3.63) is 15.9 Å². The molecule has 1 aromatic heterocycles. The molecule has 1 heterocycles. The lowest BCUT2D eigenvalue weighted by Gasteiger charge is -2.20. The molecule has 1 rings (SSSR count). The maximum atomic E-state index is 12.3. The van der Waals surface area contributed by atoms with E-state index in [2.05, 4.69) is 15.9 Å². The third kappa shape index (κ3) is 3.68. The van der Waals surface area contributed by atoms with Gasteiger partial charge in [0.2, 0.25) is 0 Å². The normalized spacial score (nSPS) is 12.6. The van der Waals surface area contributed by atoms with Crippen LogP contribution in [0.4, 0.5) is 8.78 Å². The first kappa shape index (κ1) is 15.0. The van der Waals surface area contributed by atoms with Crippen LogP contribution in [-0.4, -0.2) is 44.0 Å². The number of hydrogen-bond donors (Lipinski definition) is 1. The Bertz CT molecular complexity index is 463. The third-order valence-electron chi connectivity index (χ3n) is 1.85. The molecular formula is C8H10BrF2NO3S2. The molecule has 0 saturated heterocycles. The van der Waals surface area contributed by atoms with Gasteiger partial charge in [-0.05, 0) is 27.4 Å². The van der Waals surface area contributed by atoms with Crippen molar-refractivity contribution in [3.63, 3.8) is 0 Å². The van der Waals surface area contributed by atoms with Crippen LogP contribution < -0.4 is 0 Å². The molecule has 9 heteroatoms. The van der Waals surface area contributed by atoms with Crippen LogP contribution in [0.3, 0.4) is 0 Å². The molecule has 0 amide bonds. The molecule has 0 radical (unpaired) electrons. The number of aliphatic hydroxyl groups excluding tert-OH is 1. The lowest BCUT2D eigenvalue weighted by atomic mass is 10.6. The van der Waals surface area contributed by atoms with E-state index in [0.29, 0.717) is 8.78 Å². The number of rotatable bonds is 6. The zero-order valence-corrected chi connectivity index (χ0v) is 11.7. The fourth-order valence-corrected chi connectivity index (χ4v) is 5.01. The van der Waals surface area contributed by atoms with Crippen LogP contribution in [0.5, 0.6) is 0 Å². The lowest BCUT2D eigenvalue weighted by molar-refractivity contribution is 0.113. The summed E-state index contributed by atoms with van der Waals surface area (Å²) in [7, 11) is -3.98. The summed E-state index contributed by atoms with van der Waals surface area (Å²) in [6, 6.07) is 1.52. The van der Waals surface area contributed by atoms with Crippen molar-refractivity contribution in [3.8, 4) is 0 Å². The standard InChI is InChI=1S/C8H10BrF2NO3S2/c9-6-1-4-16-8(6)17(14,15)12(2-3-13)5-7(10)11/h1,4,7,13H,2-3,5H2. The van der Waals surface area contributed by atoms with Gasteiger partial charge in [0.05, 0.1) is 13.2 Å². The van der Waals surface area contributed by atoms with Gasteiger partial charge in [-0.1, -0.05) is 0 Å². The Morgan fingerprint density at radius 1 is 1.53 bits per heavy atom. The van der Waals surface area contributed by atoms with Crippen LogP contribution >= 0.6 is 27.3 Å². The van der Waals surface area contributed by atoms with Crippen molar-refractivity contribution >= 4 is 37.3 Å². The number of halogens is 3. The number of aliphatic hydroxyl groups is 1.